The molecule has 4 nitrogen and oxygen atoms in total. The van der Waals surface area contributed by atoms with Crippen LogP contribution in [0.25, 0.3) is 0 Å². The zero-order valence-electron chi connectivity index (χ0n) is 10.9. The van der Waals surface area contributed by atoms with Gasteiger partial charge in [0.25, 0.3) is 0 Å². The van der Waals surface area contributed by atoms with E-state index in [1.165, 1.54) is 11.3 Å². The molecule has 3 rings (SSSR count). The maximum Gasteiger partial charge on any atom is 0.238 e. The number of para-hydroxylation sites is 1. The Labute approximate surface area is 107 Å². The Bertz CT molecular complexity index is 564. The molecule has 2 atom stereocenters. The fourth-order valence-corrected chi connectivity index (χ4v) is 2.64. The van der Waals surface area contributed by atoms with E-state index in [0.717, 1.165) is 6.54 Å². The summed E-state index contributed by atoms with van der Waals surface area (Å²) >= 11 is 0. The highest BCUT2D eigenvalue weighted by Crippen LogP contribution is 2.40. The summed E-state index contributed by atoms with van der Waals surface area (Å²) in [7, 11) is 0. The van der Waals surface area contributed by atoms with E-state index in [1.807, 2.05) is 6.92 Å². The van der Waals surface area contributed by atoms with Crippen molar-refractivity contribution in [2.24, 2.45) is 0 Å². The molecule has 1 aromatic heterocycles. The van der Waals surface area contributed by atoms with E-state index in [0.29, 0.717) is 17.7 Å². The molecule has 0 fully saturated rings. The highest BCUT2D eigenvalue weighted by molar-refractivity contribution is 5.60. The molecule has 1 aromatic carbocycles. The fraction of sp³-hybridized carbons (Fsp3) is 0.429. The third kappa shape index (κ3) is 1.68. The van der Waals surface area contributed by atoms with Crippen LogP contribution in [0.4, 0.5) is 5.69 Å². The lowest BCUT2D eigenvalue weighted by molar-refractivity contribution is 0.429. The first-order chi connectivity index (χ1) is 8.66. The van der Waals surface area contributed by atoms with Gasteiger partial charge in [-0.15, -0.1) is 10.2 Å². The number of nitrogens with zero attached hydrogens (tertiary/aromatic N) is 3. The Morgan fingerprint density at radius 2 is 2.11 bits per heavy atom. The highest BCUT2D eigenvalue weighted by atomic mass is 16.4. The van der Waals surface area contributed by atoms with Crippen LogP contribution in [0, 0.1) is 6.92 Å². The van der Waals surface area contributed by atoms with Gasteiger partial charge in [0.2, 0.25) is 11.8 Å². The third-order valence-electron chi connectivity index (χ3n) is 3.61. The molecule has 1 aliphatic heterocycles. The van der Waals surface area contributed by atoms with E-state index in [1.54, 1.807) is 0 Å². The minimum atomic E-state index is 0.122. The number of aromatic nitrogens is 2. The van der Waals surface area contributed by atoms with E-state index in [4.69, 9.17) is 4.42 Å². The predicted molar refractivity (Wildman–Crippen MR) is 69.7 cm³/mol. The standard InChI is InChI=1S/C14H17N3O/c1-9-8-17(13-7-5-4-6-12(9)13)10(2)14-16-15-11(3)18-14/h4-7,9-10H,8H2,1-3H3/t9-,10+/m1/s1. The summed E-state index contributed by atoms with van der Waals surface area (Å²) in [5.41, 5.74) is 2.69. The maximum atomic E-state index is 5.54. The molecule has 0 spiro atoms. The van der Waals surface area contributed by atoms with Crippen LogP contribution in [0.1, 0.15) is 43.2 Å². The van der Waals surface area contributed by atoms with Crippen molar-refractivity contribution in [1.82, 2.24) is 10.2 Å². The average molecular weight is 243 g/mol. The van der Waals surface area contributed by atoms with E-state index in [-0.39, 0.29) is 6.04 Å². The Morgan fingerprint density at radius 3 is 2.83 bits per heavy atom. The number of rotatable bonds is 2. The molecule has 0 saturated heterocycles. The molecular formula is C14H17N3O. The van der Waals surface area contributed by atoms with Crippen LogP contribution in [-0.4, -0.2) is 16.7 Å². The van der Waals surface area contributed by atoms with Gasteiger partial charge in [0.15, 0.2) is 0 Å². The molecule has 1 aliphatic rings. The number of hydrogen-bond acceptors (Lipinski definition) is 4. The van der Waals surface area contributed by atoms with Crippen LogP contribution in [-0.2, 0) is 0 Å². The lowest BCUT2D eigenvalue weighted by Gasteiger charge is -2.24. The van der Waals surface area contributed by atoms with Crippen molar-refractivity contribution < 1.29 is 4.42 Å². The summed E-state index contributed by atoms with van der Waals surface area (Å²) in [4.78, 5) is 2.34. The molecule has 0 radical (unpaired) electrons. The van der Waals surface area contributed by atoms with Crippen molar-refractivity contribution in [3.05, 3.63) is 41.6 Å². The zero-order valence-corrected chi connectivity index (χ0v) is 10.9. The molecule has 2 aromatic rings. The zero-order chi connectivity index (χ0) is 12.7. The smallest absolute Gasteiger partial charge is 0.238 e. The van der Waals surface area contributed by atoms with E-state index in [9.17, 15) is 0 Å². The number of anilines is 1. The second kappa shape index (κ2) is 4.12. The summed E-state index contributed by atoms with van der Waals surface area (Å²) in [5, 5.41) is 8.04. The minimum Gasteiger partial charge on any atom is -0.423 e. The summed E-state index contributed by atoms with van der Waals surface area (Å²) in [6.45, 7) is 7.19. The van der Waals surface area contributed by atoms with Gasteiger partial charge in [0.1, 0.15) is 6.04 Å². The Hall–Kier alpha value is -1.84. The van der Waals surface area contributed by atoms with Crippen LogP contribution in [0.15, 0.2) is 28.7 Å². The molecule has 0 saturated carbocycles. The van der Waals surface area contributed by atoms with Crippen molar-refractivity contribution in [3.63, 3.8) is 0 Å². The molecule has 4 heteroatoms. The van der Waals surface area contributed by atoms with Gasteiger partial charge in [-0.3, -0.25) is 0 Å². The van der Waals surface area contributed by atoms with Crippen molar-refractivity contribution in [1.29, 1.82) is 0 Å². The first-order valence-corrected chi connectivity index (χ1v) is 6.32. The average Bonchev–Trinajstić information content (AvgIpc) is 2.94. The van der Waals surface area contributed by atoms with Gasteiger partial charge in [-0.25, -0.2) is 0 Å². The molecule has 0 unspecified atom stereocenters. The van der Waals surface area contributed by atoms with Gasteiger partial charge >= 0.3 is 0 Å². The van der Waals surface area contributed by atoms with E-state index >= 15 is 0 Å². The van der Waals surface area contributed by atoms with E-state index in [2.05, 4.69) is 53.2 Å². The molecule has 0 N–H and O–H groups in total. The monoisotopic (exact) mass is 243 g/mol. The number of aryl methyl sites for hydroxylation is 1. The molecule has 0 aliphatic carbocycles. The van der Waals surface area contributed by atoms with Gasteiger partial charge in [-0.05, 0) is 18.6 Å². The lowest BCUT2D eigenvalue weighted by Crippen LogP contribution is -2.25. The molecular weight excluding hydrogens is 226 g/mol. The third-order valence-corrected chi connectivity index (χ3v) is 3.61. The Kier molecular flexibility index (Phi) is 2.58. The first-order valence-electron chi connectivity index (χ1n) is 6.32. The van der Waals surface area contributed by atoms with Gasteiger partial charge < -0.3 is 9.32 Å². The van der Waals surface area contributed by atoms with E-state index < -0.39 is 0 Å². The second-order valence-corrected chi connectivity index (χ2v) is 4.95. The van der Waals surface area contributed by atoms with Crippen LogP contribution in [0.5, 0.6) is 0 Å². The largest absolute Gasteiger partial charge is 0.423 e. The van der Waals surface area contributed by atoms with Gasteiger partial charge in [-0.1, -0.05) is 25.1 Å². The second-order valence-electron chi connectivity index (χ2n) is 4.95. The normalized spacial score (nSPS) is 19.9. The Morgan fingerprint density at radius 1 is 1.33 bits per heavy atom. The van der Waals surface area contributed by atoms with Crippen LogP contribution in [0.3, 0.4) is 0 Å². The number of benzene rings is 1. The molecule has 94 valence electrons. The number of fused-ring (bicyclic) bond motifs is 1. The lowest BCUT2D eigenvalue weighted by atomic mass is 10.0. The van der Waals surface area contributed by atoms with Crippen LogP contribution in [0.2, 0.25) is 0 Å². The summed E-state index contributed by atoms with van der Waals surface area (Å²) in [6, 6.07) is 8.66. The first kappa shape index (κ1) is 11.3. The predicted octanol–water partition coefficient (Wildman–Crippen LogP) is 3.06. The van der Waals surface area contributed by atoms with Crippen LogP contribution < -0.4 is 4.90 Å². The maximum absolute atomic E-state index is 5.54. The van der Waals surface area contributed by atoms with Crippen molar-refractivity contribution in [2.75, 3.05) is 11.4 Å². The summed E-state index contributed by atoms with van der Waals surface area (Å²) in [5.74, 6) is 1.86. The Balaban J connectivity index is 1.95. The molecule has 0 bridgehead atoms. The van der Waals surface area contributed by atoms with Crippen molar-refractivity contribution in [3.8, 4) is 0 Å². The van der Waals surface area contributed by atoms with Gasteiger partial charge in [-0.2, -0.15) is 0 Å². The topological polar surface area (TPSA) is 42.2 Å². The fourth-order valence-electron chi connectivity index (χ4n) is 2.64. The molecule has 2 heterocycles. The van der Waals surface area contributed by atoms with Gasteiger partial charge in [0.05, 0.1) is 0 Å². The summed E-state index contributed by atoms with van der Waals surface area (Å²) < 4.78 is 5.54. The quantitative estimate of drug-likeness (QED) is 0.813. The number of hydrogen-bond donors (Lipinski definition) is 0. The van der Waals surface area contributed by atoms with Crippen LogP contribution >= 0.6 is 0 Å². The van der Waals surface area contributed by atoms with Crippen molar-refractivity contribution in [2.45, 2.75) is 32.7 Å². The van der Waals surface area contributed by atoms with Crippen molar-refractivity contribution >= 4 is 5.69 Å². The highest BCUT2D eigenvalue weighted by Gasteiger charge is 2.31. The summed E-state index contributed by atoms with van der Waals surface area (Å²) in [6.07, 6.45) is 0. The van der Waals surface area contributed by atoms with Gasteiger partial charge in [0, 0.05) is 25.1 Å². The minimum absolute atomic E-state index is 0.122. The SMILES string of the molecule is Cc1nnc([C@H](C)N2C[C@@H](C)c3ccccc32)o1. The molecule has 18 heavy (non-hydrogen) atoms. The molecule has 0 amide bonds.